The van der Waals surface area contributed by atoms with Crippen molar-refractivity contribution in [3.05, 3.63) is 65.0 Å². The maximum atomic E-state index is 13.4. The Morgan fingerprint density at radius 3 is 2.64 bits per heavy atom. The summed E-state index contributed by atoms with van der Waals surface area (Å²) in [6.07, 6.45) is 2.79. The van der Waals surface area contributed by atoms with Crippen molar-refractivity contribution >= 4 is 23.1 Å². The number of nitrogens with zero attached hydrogens (tertiary/aromatic N) is 4. The second-order valence-electron chi connectivity index (χ2n) is 6.69. The predicted octanol–water partition coefficient (Wildman–Crippen LogP) is 3.87. The zero-order valence-corrected chi connectivity index (χ0v) is 16.5. The molecular formula is C21H21FN4OS. The number of carbonyl (C=O) groups excluding carboxylic acids is 1. The summed E-state index contributed by atoms with van der Waals surface area (Å²) in [5, 5.41) is 3.07. The minimum absolute atomic E-state index is 0.127. The highest BCUT2D eigenvalue weighted by Crippen LogP contribution is 2.25. The van der Waals surface area contributed by atoms with Crippen LogP contribution in [0.4, 0.5) is 10.2 Å². The van der Waals surface area contributed by atoms with E-state index in [0.717, 1.165) is 28.5 Å². The lowest BCUT2D eigenvalue weighted by atomic mass is 10.1. The summed E-state index contributed by atoms with van der Waals surface area (Å²) >= 11 is 1.64. The van der Waals surface area contributed by atoms with Crippen LogP contribution < -0.4 is 4.90 Å². The molecule has 2 aromatic heterocycles. The molecule has 1 amide bonds. The Kier molecular flexibility index (Phi) is 5.34. The number of halogens is 1. The van der Waals surface area contributed by atoms with Crippen molar-refractivity contribution < 1.29 is 9.18 Å². The predicted molar refractivity (Wildman–Crippen MR) is 109 cm³/mol. The number of amides is 1. The molecule has 4 rings (SSSR count). The average molecular weight is 396 g/mol. The Hall–Kier alpha value is -2.80. The number of hydrogen-bond donors (Lipinski definition) is 0. The van der Waals surface area contributed by atoms with Crippen LogP contribution in [-0.2, 0) is 6.42 Å². The van der Waals surface area contributed by atoms with Gasteiger partial charge in [-0.25, -0.2) is 14.4 Å². The first-order valence-electron chi connectivity index (χ1n) is 9.34. The van der Waals surface area contributed by atoms with Gasteiger partial charge in [0, 0.05) is 48.9 Å². The highest BCUT2D eigenvalue weighted by atomic mass is 32.1. The van der Waals surface area contributed by atoms with Crippen molar-refractivity contribution in [1.82, 2.24) is 14.9 Å². The molecular weight excluding hydrogens is 375 g/mol. The standard InChI is InChI=1S/C21H21FN4OS/c1-2-18-14-28-20(24-18)16-6-7-19(23-13-16)25-8-10-26(11-9-25)21(27)15-4-3-5-17(22)12-15/h3-7,12-14H,2,8-11H2,1H3. The summed E-state index contributed by atoms with van der Waals surface area (Å²) in [5.74, 6) is 0.381. The summed E-state index contributed by atoms with van der Waals surface area (Å²) in [4.78, 5) is 25.7. The van der Waals surface area contributed by atoms with Gasteiger partial charge in [0.15, 0.2) is 0 Å². The number of hydrogen-bond acceptors (Lipinski definition) is 5. The summed E-state index contributed by atoms with van der Waals surface area (Å²) in [6.45, 7) is 4.67. The number of aryl methyl sites for hydroxylation is 1. The summed E-state index contributed by atoms with van der Waals surface area (Å²) in [7, 11) is 0. The quantitative estimate of drug-likeness (QED) is 0.672. The van der Waals surface area contributed by atoms with E-state index in [0.29, 0.717) is 31.7 Å². The van der Waals surface area contributed by atoms with Gasteiger partial charge < -0.3 is 9.80 Å². The molecule has 0 aliphatic carbocycles. The highest BCUT2D eigenvalue weighted by Gasteiger charge is 2.23. The Balaban J connectivity index is 1.39. The second kappa shape index (κ2) is 8.06. The molecule has 28 heavy (non-hydrogen) atoms. The van der Waals surface area contributed by atoms with Crippen LogP contribution in [0.15, 0.2) is 48.0 Å². The molecule has 1 aliphatic rings. The Morgan fingerprint density at radius 2 is 2.00 bits per heavy atom. The van der Waals surface area contributed by atoms with Crippen LogP contribution in [0, 0.1) is 5.82 Å². The number of piperazine rings is 1. The fraction of sp³-hybridized carbons (Fsp3) is 0.286. The Morgan fingerprint density at radius 1 is 1.18 bits per heavy atom. The van der Waals surface area contributed by atoms with Gasteiger partial charge >= 0.3 is 0 Å². The molecule has 0 spiro atoms. The molecule has 5 nitrogen and oxygen atoms in total. The minimum Gasteiger partial charge on any atom is -0.353 e. The first-order chi connectivity index (χ1) is 13.6. The number of thiazole rings is 1. The first-order valence-corrected chi connectivity index (χ1v) is 10.2. The Labute approximate surface area is 167 Å². The molecule has 0 atom stereocenters. The van der Waals surface area contributed by atoms with Gasteiger partial charge in [-0.2, -0.15) is 0 Å². The number of anilines is 1. The lowest BCUT2D eigenvalue weighted by Crippen LogP contribution is -2.49. The summed E-state index contributed by atoms with van der Waals surface area (Å²) in [6, 6.07) is 9.91. The number of aromatic nitrogens is 2. The van der Waals surface area contributed by atoms with Gasteiger partial charge in [-0.15, -0.1) is 11.3 Å². The highest BCUT2D eigenvalue weighted by molar-refractivity contribution is 7.13. The van der Waals surface area contributed by atoms with E-state index in [1.807, 2.05) is 18.3 Å². The Bertz CT molecular complexity index is 965. The molecule has 1 fully saturated rings. The van der Waals surface area contributed by atoms with Crippen molar-refractivity contribution in [1.29, 1.82) is 0 Å². The van der Waals surface area contributed by atoms with Gasteiger partial charge in [-0.3, -0.25) is 4.79 Å². The third-order valence-corrected chi connectivity index (χ3v) is 5.81. The van der Waals surface area contributed by atoms with Crippen molar-refractivity contribution in [3.8, 4) is 10.6 Å². The molecule has 3 aromatic rings. The first kappa shape index (κ1) is 18.6. The third-order valence-electron chi connectivity index (χ3n) is 4.87. The monoisotopic (exact) mass is 396 g/mol. The number of carbonyl (C=O) groups is 1. The number of rotatable bonds is 4. The van der Waals surface area contributed by atoms with Crippen molar-refractivity contribution in [2.24, 2.45) is 0 Å². The second-order valence-corrected chi connectivity index (χ2v) is 7.55. The van der Waals surface area contributed by atoms with Crippen LogP contribution in [0.1, 0.15) is 23.0 Å². The third kappa shape index (κ3) is 3.89. The maximum absolute atomic E-state index is 13.4. The summed E-state index contributed by atoms with van der Waals surface area (Å²) in [5.41, 5.74) is 2.52. The fourth-order valence-electron chi connectivity index (χ4n) is 3.24. The SMILES string of the molecule is CCc1csc(-c2ccc(N3CCN(C(=O)c4cccc(F)c4)CC3)nc2)n1. The minimum atomic E-state index is -0.389. The van der Waals surface area contributed by atoms with Gasteiger partial charge in [0.2, 0.25) is 0 Å². The van der Waals surface area contributed by atoms with E-state index in [1.165, 1.54) is 12.1 Å². The van der Waals surface area contributed by atoms with Crippen molar-refractivity contribution in [2.45, 2.75) is 13.3 Å². The van der Waals surface area contributed by atoms with Gasteiger partial charge in [0.1, 0.15) is 16.6 Å². The fourth-order valence-corrected chi connectivity index (χ4v) is 4.14. The van der Waals surface area contributed by atoms with E-state index in [2.05, 4.69) is 27.2 Å². The van der Waals surface area contributed by atoms with E-state index in [-0.39, 0.29) is 11.7 Å². The lowest BCUT2D eigenvalue weighted by molar-refractivity contribution is 0.0746. The van der Waals surface area contributed by atoms with Crippen LogP contribution in [0.5, 0.6) is 0 Å². The smallest absolute Gasteiger partial charge is 0.254 e. The largest absolute Gasteiger partial charge is 0.353 e. The molecule has 0 N–H and O–H groups in total. The van der Waals surface area contributed by atoms with E-state index >= 15 is 0 Å². The van der Waals surface area contributed by atoms with Gasteiger partial charge in [0.05, 0.1) is 5.69 Å². The molecule has 3 heterocycles. The van der Waals surface area contributed by atoms with E-state index in [4.69, 9.17) is 0 Å². The zero-order chi connectivity index (χ0) is 19.5. The normalized spacial score (nSPS) is 14.4. The molecule has 0 bridgehead atoms. The molecule has 7 heteroatoms. The molecule has 1 saturated heterocycles. The van der Waals surface area contributed by atoms with E-state index < -0.39 is 0 Å². The van der Waals surface area contributed by atoms with Crippen LogP contribution in [-0.4, -0.2) is 47.0 Å². The average Bonchev–Trinajstić information content (AvgIpc) is 3.23. The van der Waals surface area contributed by atoms with E-state index in [1.54, 1.807) is 28.4 Å². The van der Waals surface area contributed by atoms with Gasteiger partial charge in [-0.05, 0) is 36.8 Å². The van der Waals surface area contributed by atoms with Crippen LogP contribution in [0.3, 0.4) is 0 Å². The number of pyridine rings is 1. The zero-order valence-electron chi connectivity index (χ0n) is 15.6. The van der Waals surface area contributed by atoms with Crippen LogP contribution >= 0.6 is 11.3 Å². The van der Waals surface area contributed by atoms with Crippen molar-refractivity contribution in [2.75, 3.05) is 31.1 Å². The molecule has 144 valence electrons. The van der Waals surface area contributed by atoms with Crippen LogP contribution in [0.2, 0.25) is 0 Å². The molecule has 0 radical (unpaired) electrons. The maximum Gasteiger partial charge on any atom is 0.254 e. The molecule has 1 aliphatic heterocycles. The summed E-state index contributed by atoms with van der Waals surface area (Å²) < 4.78 is 13.4. The lowest BCUT2D eigenvalue weighted by Gasteiger charge is -2.35. The molecule has 1 aromatic carbocycles. The van der Waals surface area contributed by atoms with Crippen molar-refractivity contribution in [3.63, 3.8) is 0 Å². The van der Waals surface area contributed by atoms with E-state index in [9.17, 15) is 9.18 Å². The molecule has 0 saturated carbocycles. The molecule has 0 unspecified atom stereocenters. The topological polar surface area (TPSA) is 49.3 Å². The van der Waals surface area contributed by atoms with Gasteiger partial charge in [-0.1, -0.05) is 13.0 Å². The number of benzene rings is 1. The van der Waals surface area contributed by atoms with Gasteiger partial charge in [0.25, 0.3) is 5.91 Å². The van der Waals surface area contributed by atoms with Crippen LogP contribution in [0.25, 0.3) is 10.6 Å².